The number of para-hydroxylation sites is 1. The normalized spacial score (nSPS) is 31.7. The fraction of sp³-hybridized carbons (Fsp3) is 0.700. The Kier molecular flexibility index (Phi) is 8.30. The van der Waals surface area contributed by atoms with Crippen LogP contribution >= 0.6 is 15.9 Å². The molecule has 0 radical (unpaired) electrons. The van der Waals surface area contributed by atoms with E-state index >= 15 is 0 Å². The summed E-state index contributed by atoms with van der Waals surface area (Å²) in [5, 5.41) is 16.7. The number of alkyl halides is 1. The Morgan fingerprint density at radius 2 is 1.82 bits per heavy atom. The predicted octanol–water partition coefficient (Wildman–Crippen LogP) is 4.11. The molecule has 0 aliphatic carbocycles. The molecule has 4 rings (SSSR count). The average Bonchev–Trinajstić information content (AvgIpc) is 3.42. The lowest BCUT2D eigenvalue weighted by Gasteiger charge is -2.41. The second-order valence-electron chi connectivity index (χ2n) is 13.5. The third-order valence-corrected chi connectivity index (χ3v) is 9.44. The number of nitrogens with one attached hydrogen (secondary N) is 2. The maximum absolute atomic E-state index is 14.3. The van der Waals surface area contributed by atoms with Gasteiger partial charge in [0.15, 0.2) is 0 Å². The van der Waals surface area contributed by atoms with Gasteiger partial charge >= 0.3 is 0 Å². The summed E-state index contributed by atoms with van der Waals surface area (Å²) in [6.07, 6.45) is 1.33. The van der Waals surface area contributed by atoms with Gasteiger partial charge in [-0.15, -0.1) is 0 Å². The molecular formula is C30H44BrN3O5. The third kappa shape index (κ3) is 5.51. The molecule has 8 nitrogen and oxygen atoms in total. The lowest BCUT2D eigenvalue weighted by atomic mass is 9.70. The summed E-state index contributed by atoms with van der Waals surface area (Å²) in [5.41, 5.74) is -1.11. The molecule has 8 atom stereocenters. The molecule has 1 aromatic rings. The molecule has 3 fully saturated rings. The van der Waals surface area contributed by atoms with Crippen molar-refractivity contribution in [3.05, 3.63) is 30.3 Å². The Morgan fingerprint density at radius 3 is 2.38 bits per heavy atom. The van der Waals surface area contributed by atoms with E-state index in [2.05, 4.69) is 47.3 Å². The predicted molar refractivity (Wildman–Crippen MR) is 154 cm³/mol. The molecule has 1 aromatic carbocycles. The molecule has 3 aliphatic heterocycles. The largest absolute Gasteiger partial charge is 0.394 e. The SMILES string of the molecule is CC[C@H](C)[C@H](CO)N1C(=O)[C@@H]2[C@@H](C(=O)Nc3ccccc3)[C@@H]3OC2(CC3Br)C1C(=O)NC(C)(C)CC(C)(C)C. The minimum Gasteiger partial charge on any atom is -0.394 e. The molecule has 0 saturated carbocycles. The van der Waals surface area contributed by atoms with Gasteiger partial charge < -0.3 is 25.4 Å². The molecule has 3 amide bonds. The van der Waals surface area contributed by atoms with Gasteiger partial charge in [0.1, 0.15) is 11.6 Å². The van der Waals surface area contributed by atoms with E-state index < -0.39 is 41.2 Å². The van der Waals surface area contributed by atoms with E-state index in [9.17, 15) is 19.5 Å². The number of fused-ring (bicyclic) bond motifs is 1. The number of hydrogen-bond donors (Lipinski definition) is 3. The zero-order valence-electron chi connectivity index (χ0n) is 24.2. The number of halogens is 1. The minimum atomic E-state index is -1.17. The van der Waals surface area contributed by atoms with Crippen LogP contribution in [0.15, 0.2) is 30.3 Å². The van der Waals surface area contributed by atoms with Crippen LogP contribution in [0, 0.1) is 23.2 Å². The number of amides is 3. The van der Waals surface area contributed by atoms with Crippen LogP contribution in [0.5, 0.6) is 0 Å². The van der Waals surface area contributed by atoms with Crippen molar-refractivity contribution in [3.8, 4) is 0 Å². The highest BCUT2D eigenvalue weighted by Crippen LogP contribution is 2.60. The smallest absolute Gasteiger partial charge is 0.246 e. The maximum atomic E-state index is 14.3. The molecule has 9 heteroatoms. The number of nitrogens with zero attached hydrogens (tertiary/aromatic N) is 1. The molecule has 0 aromatic heterocycles. The minimum absolute atomic E-state index is 0.0307. The summed E-state index contributed by atoms with van der Waals surface area (Å²) < 4.78 is 6.61. The number of aliphatic hydroxyl groups is 1. The van der Waals surface area contributed by atoms with Gasteiger partial charge in [-0.05, 0) is 50.2 Å². The fourth-order valence-electron chi connectivity index (χ4n) is 7.36. The second-order valence-corrected chi connectivity index (χ2v) is 14.7. The van der Waals surface area contributed by atoms with Crippen LogP contribution < -0.4 is 10.6 Å². The summed E-state index contributed by atoms with van der Waals surface area (Å²) in [4.78, 5) is 43.7. The van der Waals surface area contributed by atoms with E-state index in [0.717, 1.165) is 12.8 Å². The zero-order chi connectivity index (χ0) is 28.9. The van der Waals surface area contributed by atoms with Crippen molar-refractivity contribution < 1.29 is 24.2 Å². The summed E-state index contributed by atoms with van der Waals surface area (Å²) in [6, 6.07) is 7.61. The van der Waals surface area contributed by atoms with Crippen molar-refractivity contribution >= 4 is 39.3 Å². The van der Waals surface area contributed by atoms with Gasteiger partial charge in [0, 0.05) is 16.1 Å². The Morgan fingerprint density at radius 1 is 1.18 bits per heavy atom. The number of aliphatic hydroxyl groups excluding tert-OH is 1. The summed E-state index contributed by atoms with van der Waals surface area (Å²) in [6.45, 7) is 14.0. The molecule has 39 heavy (non-hydrogen) atoms. The molecule has 216 valence electrons. The number of likely N-dealkylation sites (tertiary alicyclic amines) is 1. The van der Waals surface area contributed by atoms with Crippen LogP contribution in [0.3, 0.4) is 0 Å². The van der Waals surface area contributed by atoms with Crippen molar-refractivity contribution in [1.82, 2.24) is 10.2 Å². The fourth-order valence-corrected chi connectivity index (χ4v) is 8.30. The Balaban J connectivity index is 1.75. The first-order valence-corrected chi connectivity index (χ1v) is 15.0. The summed E-state index contributed by atoms with van der Waals surface area (Å²) in [7, 11) is 0. The Hall–Kier alpha value is -1.97. The van der Waals surface area contributed by atoms with Crippen LogP contribution in [0.2, 0.25) is 0 Å². The van der Waals surface area contributed by atoms with E-state index in [-0.39, 0.29) is 40.5 Å². The van der Waals surface area contributed by atoms with Gasteiger partial charge in [-0.3, -0.25) is 14.4 Å². The van der Waals surface area contributed by atoms with E-state index in [1.807, 2.05) is 45.9 Å². The first kappa shape index (κ1) is 30.0. The maximum Gasteiger partial charge on any atom is 0.246 e. The number of benzene rings is 1. The third-order valence-electron chi connectivity index (χ3n) is 8.60. The van der Waals surface area contributed by atoms with Crippen LogP contribution in [0.4, 0.5) is 5.69 Å². The number of ether oxygens (including phenoxy) is 1. The van der Waals surface area contributed by atoms with Gasteiger partial charge in [0.05, 0.1) is 30.6 Å². The number of hydrogen-bond acceptors (Lipinski definition) is 5. The molecule has 2 bridgehead atoms. The molecule has 3 aliphatic rings. The van der Waals surface area contributed by atoms with Gasteiger partial charge in [-0.25, -0.2) is 0 Å². The zero-order valence-corrected chi connectivity index (χ0v) is 25.7. The first-order valence-electron chi connectivity index (χ1n) is 14.1. The van der Waals surface area contributed by atoms with E-state index in [1.54, 1.807) is 17.0 Å². The topological polar surface area (TPSA) is 108 Å². The highest BCUT2D eigenvalue weighted by atomic mass is 79.9. The first-order chi connectivity index (χ1) is 18.2. The quantitative estimate of drug-likeness (QED) is 0.367. The highest BCUT2D eigenvalue weighted by Gasteiger charge is 2.77. The van der Waals surface area contributed by atoms with Crippen molar-refractivity contribution in [2.75, 3.05) is 11.9 Å². The summed E-state index contributed by atoms with van der Waals surface area (Å²) >= 11 is 3.72. The van der Waals surface area contributed by atoms with Gasteiger partial charge in [-0.2, -0.15) is 0 Å². The number of anilines is 1. The molecular weight excluding hydrogens is 562 g/mol. The molecule has 3 heterocycles. The average molecular weight is 607 g/mol. The van der Waals surface area contributed by atoms with Gasteiger partial charge in [0.2, 0.25) is 17.7 Å². The Bertz CT molecular complexity index is 1090. The molecule has 3 N–H and O–H groups in total. The Labute approximate surface area is 240 Å². The second kappa shape index (κ2) is 10.8. The van der Waals surface area contributed by atoms with Crippen molar-refractivity contribution in [2.45, 2.75) is 102 Å². The molecule has 3 unspecified atom stereocenters. The lowest BCUT2D eigenvalue weighted by molar-refractivity contribution is -0.147. The molecule has 3 saturated heterocycles. The van der Waals surface area contributed by atoms with Crippen molar-refractivity contribution in [2.24, 2.45) is 23.2 Å². The van der Waals surface area contributed by atoms with Crippen LogP contribution in [-0.4, -0.2) is 68.5 Å². The summed E-state index contributed by atoms with van der Waals surface area (Å²) in [5.74, 6) is -2.53. The van der Waals surface area contributed by atoms with Gasteiger partial charge in [-0.1, -0.05) is 75.2 Å². The van der Waals surface area contributed by atoms with Crippen LogP contribution in [0.25, 0.3) is 0 Å². The van der Waals surface area contributed by atoms with Crippen molar-refractivity contribution in [3.63, 3.8) is 0 Å². The highest BCUT2D eigenvalue weighted by molar-refractivity contribution is 9.09. The lowest BCUT2D eigenvalue weighted by Crippen LogP contribution is -2.62. The number of rotatable bonds is 9. The standard InChI is InChI=1S/C30H44BrN3O5/c1-8-17(2)20(15-35)34-24(26(37)33-29(6,7)16-28(3,4)5)30-14-19(31)23(39-30)21(22(30)27(34)38)25(36)32-18-12-10-9-11-13-18/h9-13,17,19-24,35H,8,14-16H2,1-7H3,(H,32,36)(H,33,37)/t17-,19?,20-,21+,22-,23+,24?,30?/m0/s1. The number of carbonyl (C=O) groups excluding carboxylic acids is 3. The number of carbonyl (C=O) groups is 3. The van der Waals surface area contributed by atoms with E-state index in [4.69, 9.17) is 4.74 Å². The van der Waals surface area contributed by atoms with Gasteiger partial charge in [0.25, 0.3) is 0 Å². The van der Waals surface area contributed by atoms with Crippen LogP contribution in [0.1, 0.15) is 67.7 Å². The van der Waals surface area contributed by atoms with Crippen molar-refractivity contribution in [1.29, 1.82) is 0 Å². The van der Waals surface area contributed by atoms with Crippen LogP contribution in [-0.2, 0) is 19.1 Å². The monoisotopic (exact) mass is 605 g/mol. The van der Waals surface area contributed by atoms with E-state index in [1.165, 1.54) is 0 Å². The molecule has 1 spiro atoms. The van der Waals surface area contributed by atoms with E-state index in [0.29, 0.717) is 12.1 Å².